The fraction of sp³-hybridized carbons (Fsp3) is 0.545. The summed E-state index contributed by atoms with van der Waals surface area (Å²) in [5.74, 6) is 4.86. The van der Waals surface area contributed by atoms with Crippen molar-refractivity contribution in [3.05, 3.63) is 21.9 Å². The highest BCUT2D eigenvalue weighted by atomic mass is 32.1. The van der Waals surface area contributed by atoms with Crippen molar-refractivity contribution < 1.29 is 4.79 Å². The summed E-state index contributed by atoms with van der Waals surface area (Å²) in [7, 11) is 4.04. The zero-order chi connectivity index (χ0) is 12.7. The number of hydrazine groups is 1. The Kier molecular flexibility index (Phi) is 6.13. The predicted octanol–water partition coefficient (Wildman–Crippen LogP) is 0.393. The number of carbonyl (C=O) groups excluding carboxylic acids is 1. The molecule has 0 aromatic carbocycles. The minimum Gasteiger partial charge on any atom is -0.320 e. The molecule has 0 aliphatic rings. The van der Waals surface area contributed by atoms with E-state index in [1.54, 1.807) is 0 Å². The summed E-state index contributed by atoms with van der Waals surface area (Å²) in [4.78, 5) is 15.4. The van der Waals surface area contributed by atoms with Gasteiger partial charge in [0, 0.05) is 11.4 Å². The zero-order valence-electron chi connectivity index (χ0n) is 10.3. The predicted molar refractivity (Wildman–Crippen MR) is 70.9 cm³/mol. The van der Waals surface area contributed by atoms with Gasteiger partial charge in [-0.2, -0.15) is 0 Å². The Balaban J connectivity index is 2.40. The molecule has 1 aromatic rings. The van der Waals surface area contributed by atoms with E-state index in [-0.39, 0.29) is 5.91 Å². The second-order valence-corrected chi connectivity index (χ2v) is 5.10. The molecule has 0 aliphatic heterocycles. The SMILES string of the molecule is CNCCCN(C)Cc1ccc(C(=O)NN)s1. The molecule has 1 aromatic heterocycles. The van der Waals surface area contributed by atoms with Crippen molar-refractivity contribution in [1.29, 1.82) is 0 Å². The molecule has 0 saturated heterocycles. The summed E-state index contributed by atoms with van der Waals surface area (Å²) >= 11 is 1.48. The number of nitrogens with one attached hydrogen (secondary N) is 2. The number of nitrogens with zero attached hydrogens (tertiary/aromatic N) is 1. The third-order valence-corrected chi connectivity index (χ3v) is 3.48. The third kappa shape index (κ3) is 4.82. The average molecular weight is 256 g/mol. The van der Waals surface area contributed by atoms with Crippen molar-refractivity contribution in [2.45, 2.75) is 13.0 Å². The van der Waals surface area contributed by atoms with Crippen LogP contribution in [0.4, 0.5) is 0 Å². The summed E-state index contributed by atoms with van der Waals surface area (Å²) in [6.07, 6.45) is 1.12. The highest BCUT2D eigenvalue weighted by Gasteiger charge is 2.08. The van der Waals surface area contributed by atoms with Crippen molar-refractivity contribution in [3.63, 3.8) is 0 Å². The van der Waals surface area contributed by atoms with E-state index in [4.69, 9.17) is 5.84 Å². The van der Waals surface area contributed by atoms with E-state index in [0.29, 0.717) is 4.88 Å². The Bertz CT molecular complexity index is 353. The molecule has 17 heavy (non-hydrogen) atoms. The quantitative estimate of drug-likeness (QED) is 0.286. The molecule has 0 atom stereocenters. The van der Waals surface area contributed by atoms with Crippen LogP contribution in [0.5, 0.6) is 0 Å². The molecule has 5 nitrogen and oxygen atoms in total. The first-order chi connectivity index (χ1) is 8.17. The fourth-order valence-electron chi connectivity index (χ4n) is 1.53. The number of hydrogen-bond donors (Lipinski definition) is 3. The van der Waals surface area contributed by atoms with Gasteiger partial charge in [0.1, 0.15) is 0 Å². The van der Waals surface area contributed by atoms with Gasteiger partial charge in [0.25, 0.3) is 5.91 Å². The van der Waals surface area contributed by atoms with Gasteiger partial charge in [0.15, 0.2) is 0 Å². The number of thiophene rings is 1. The smallest absolute Gasteiger partial charge is 0.275 e. The first-order valence-corrected chi connectivity index (χ1v) is 6.42. The fourth-order valence-corrected chi connectivity index (χ4v) is 2.52. The Morgan fingerprint density at radius 3 is 2.94 bits per heavy atom. The maximum atomic E-state index is 11.3. The highest BCUT2D eigenvalue weighted by molar-refractivity contribution is 7.14. The van der Waals surface area contributed by atoms with Gasteiger partial charge in [0.2, 0.25) is 0 Å². The highest BCUT2D eigenvalue weighted by Crippen LogP contribution is 2.17. The van der Waals surface area contributed by atoms with Crippen molar-refractivity contribution in [2.75, 3.05) is 27.2 Å². The van der Waals surface area contributed by atoms with E-state index in [1.165, 1.54) is 16.2 Å². The molecule has 1 rings (SSSR count). The van der Waals surface area contributed by atoms with Gasteiger partial charge >= 0.3 is 0 Å². The van der Waals surface area contributed by atoms with Crippen LogP contribution in [0, 0.1) is 0 Å². The third-order valence-electron chi connectivity index (χ3n) is 2.41. The summed E-state index contributed by atoms with van der Waals surface area (Å²) in [5.41, 5.74) is 2.14. The Labute approximate surface area is 106 Å². The van der Waals surface area contributed by atoms with Gasteiger partial charge in [-0.1, -0.05) is 0 Å². The van der Waals surface area contributed by atoms with E-state index in [0.717, 1.165) is 26.1 Å². The molecule has 1 amide bonds. The van der Waals surface area contributed by atoms with Crippen LogP contribution < -0.4 is 16.6 Å². The van der Waals surface area contributed by atoms with Gasteiger partial charge in [-0.15, -0.1) is 11.3 Å². The molecule has 4 N–H and O–H groups in total. The molecule has 6 heteroatoms. The molecule has 0 radical (unpaired) electrons. The molecule has 0 unspecified atom stereocenters. The molecule has 0 bridgehead atoms. The van der Waals surface area contributed by atoms with Crippen molar-refractivity contribution in [2.24, 2.45) is 5.84 Å². The number of hydrogen-bond acceptors (Lipinski definition) is 5. The molecule has 0 fully saturated rings. The number of rotatable bonds is 7. The summed E-state index contributed by atoms with van der Waals surface area (Å²) in [5, 5.41) is 3.12. The maximum Gasteiger partial charge on any atom is 0.275 e. The summed E-state index contributed by atoms with van der Waals surface area (Å²) in [6, 6.07) is 3.79. The second kappa shape index (κ2) is 7.39. The van der Waals surface area contributed by atoms with Crippen LogP contribution in [0.1, 0.15) is 21.0 Å². The van der Waals surface area contributed by atoms with E-state index >= 15 is 0 Å². The lowest BCUT2D eigenvalue weighted by Crippen LogP contribution is -2.29. The second-order valence-electron chi connectivity index (χ2n) is 3.93. The van der Waals surface area contributed by atoms with E-state index in [9.17, 15) is 4.79 Å². The molecular weight excluding hydrogens is 236 g/mol. The standard InChI is InChI=1S/C11H20N4OS/c1-13-6-3-7-15(2)8-9-4-5-10(17-9)11(16)14-12/h4-5,13H,3,6-8,12H2,1-2H3,(H,14,16). The van der Waals surface area contributed by atoms with E-state index < -0.39 is 0 Å². The minimum atomic E-state index is -0.223. The van der Waals surface area contributed by atoms with Gasteiger partial charge < -0.3 is 10.2 Å². The molecule has 0 spiro atoms. The van der Waals surface area contributed by atoms with Crippen molar-refractivity contribution in [3.8, 4) is 0 Å². The molecule has 0 saturated carbocycles. The van der Waals surface area contributed by atoms with Crippen LogP contribution in [-0.4, -0.2) is 38.0 Å². The van der Waals surface area contributed by atoms with Crippen molar-refractivity contribution in [1.82, 2.24) is 15.6 Å². The number of nitrogens with two attached hydrogens (primary N) is 1. The van der Waals surface area contributed by atoms with E-state index in [1.807, 2.05) is 19.2 Å². The first kappa shape index (κ1) is 14.1. The van der Waals surface area contributed by atoms with Crippen LogP contribution in [-0.2, 0) is 6.54 Å². The van der Waals surface area contributed by atoms with Gasteiger partial charge in [-0.05, 0) is 45.7 Å². The molecular formula is C11H20N4OS. The van der Waals surface area contributed by atoms with Crippen molar-refractivity contribution >= 4 is 17.2 Å². The lowest BCUT2D eigenvalue weighted by molar-refractivity contribution is 0.0957. The van der Waals surface area contributed by atoms with E-state index in [2.05, 4.69) is 22.7 Å². The topological polar surface area (TPSA) is 70.4 Å². The molecule has 1 heterocycles. The van der Waals surface area contributed by atoms with Gasteiger partial charge in [0.05, 0.1) is 4.88 Å². The zero-order valence-corrected chi connectivity index (χ0v) is 11.1. The Morgan fingerprint density at radius 2 is 2.29 bits per heavy atom. The minimum absolute atomic E-state index is 0.223. The average Bonchev–Trinajstić information content (AvgIpc) is 2.77. The normalized spacial score (nSPS) is 10.8. The van der Waals surface area contributed by atoms with Crippen LogP contribution in [0.3, 0.4) is 0 Å². The largest absolute Gasteiger partial charge is 0.320 e. The monoisotopic (exact) mass is 256 g/mol. The van der Waals surface area contributed by atoms with Crippen LogP contribution in [0.25, 0.3) is 0 Å². The number of carbonyl (C=O) groups is 1. The van der Waals surface area contributed by atoms with Gasteiger partial charge in [-0.25, -0.2) is 5.84 Å². The van der Waals surface area contributed by atoms with Crippen LogP contribution in [0.15, 0.2) is 12.1 Å². The lowest BCUT2D eigenvalue weighted by atomic mass is 10.3. The summed E-state index contributed by atoms with van der Waals surface area (Å²) < 4.78 is 0. The summed E-state index contributed by atoms with van der Waals surface area (Å²) in [6.45, 7) is 2.93. The van der Waals surface area contributed by atoms with Crippen LogP contribution >= 0.6 is 11.3 Å². The molecule has 0 aliphatic carbocycles. The Morgan fingerprint density at radius 1 is 1.53 bits per heavy atom. The molecule has 96 valence electrons. The number of nitrogen functional groups attached to an aromatic ring is 1. The number of amides is 1. The van der Waals surface area contributed by atoms with Crippen LogP contribution in [0.2, 0.25) is 0 Å². The van der Waals surface area contributed by atoms with Gasteiger partial charge in [-0.3, -0.25) is 10.2 Å². The maximum absolute atomic E-state index is 11.3. The Hall–Kier alpha value is -0.950. The first-order valence-electron chi connectivity index (χ1n) is 5.60. The lowest BCUT2D eigenvalue weighted by Gasteiger charge is -2.14.